The lowest BCUT2D eigenvalue weighted by Crippen LogP contribution is -2.46. The first-order valence-electron chi connectivity index (χ1n) is 8.84. The van der Waals surface area contributed by atoms with Crippen molar-refractivity contribution in [1.82, 2.24) is 4.90 Å². The molecule has 0 fully saturated rings. The number of aliphatic hydroxyl groups is 1. The van der Waals surface area contributed by atoms with E-state index in [1.165, 1.54) is 0 Å². The predicted octanol–water partition coefficient (Wildman–Crippen LogP) is 2.25. The number of aliphatic hydroxyl groups excluding tert-OH is 1. The van der Waals surface area contributed by atoms with Gasteiger partial charge in [-0.2, -0.15) is 0 Å². The van der Waals surface area contributed by atoms with Gasteiger partial charge in [-0.1, -0.05) is 23.7 Å². The molecule has 2 heterocycles. The highest BCUT2D eigenvalue weighted by atomic mass is 35.5. The molecule has 2 aliphatic heterocycles. The predicted molar refractivity (Wildman–Crippen MR) is 105 cm³/mol. The van der Waals surface area contributed by atoms with Gasteiger partial charge in [-0.25, -0.2) is 0 Å². The van der Waals surface area contributed by atoms with Crippen molar-refractivity contribution in [3.05, 3.63) is 58.6 Å². The third kappa shape index (κ3) is 3.15. The second kappa shape index (κ2) is 6.87. The van der Waals surface area contributed by atoms with Gasteiger partial charge in [0.15, 0.2) is 0 Å². The van der Waals surface area contributed by atoms with E-state index in [1.54, 1.807) is 24.3 Å². The highest BCUT2D eigenvalue weighted by molar-refractivity contribution is 6.31. The molecule has 0 radical (unpaired) electrons. The van der Waals surface area contributed by atoms with Gasteiger partial charge in [0.1, 0.15) is 0 Å². The summed E-state index contributed by atoms with van der Waals surface area (Å²) in [6.45, 7) is 1.84. The second-order valence-corrected chi connectivity index (χ2v) is 7.36. The number of β-amino-alcohol motifs (C(OH)–C–C–N with tert-alkyl or cyclic N) is 1. The monoisotopic (exact) mass is 385 g/mol. The smallest absolute Gasteiger partial charge is 0.261 e. The van der Waals surface area contributed by atoms with Crippen LogP contribution in [0.15, 0.2) is 42.5 Å². The van der Waals surface area contributed by atoms with Gasteiger partial charge in [-0.15, -0.1) is 0 Å². The Hall–Kier alpha value is -2.57. The standard InChI is InChI=1S/C20H20ClN3O3/c1-22-8-9-23(17-7-6-13(21)10-18(17)22)11-14(25)12-24-19(26)15-4-2-3-5-16(15)20(24)27/h2-7,10,14,25H,8-9,11-12H2,1H3. The topological polar surface area (TPSA) is 64.1 Å². The Morgan fingerprint density at radius 2 is 1.67 bits per heavy atom. The first-order chi connectivity index (χ1) is 13.0. The quantitative estimate of drug-likeness (QED) is 0.818. The molecule has 0 bridgehead atoms. The van der Waals surface area contributed by atoms with Gasteiger partial charge >= 0.3 is 0 Å². The maximum Gasteiger partial charge on any atom is 0.261 e. The minimum Gasteiger partial charge on any atom is -0.389 e. The van der Waals surface area contributed by atoms with Crippen LogP contribution < -0.4 is 9.80 Å². The van der Waals surface area contributed by atoms with Gasteiger partial charge in [0.25, 0.3) is 11.8 Å². The molecule has 1 atom stereocenters. The molecule has 1 unspecified atom stereocenters. The summed E-state index contributed by atoms with van der Waals surface area (Å²) in [4.78, 5) is 30.3. The largest absolute Gasteiger partial charge is 0.389 e. The van der Waals surface area contributed by atoms with E-state index in [2.05, 4.69) is 9.80 Å². The normalized spacial score (nSPS) is 17.2. The van der Waals surface area contributed by atoms with Crippen molar-refractivity contribution < 1.29 is 14.7 Å². The lowest BCUT2D eigenvalue weighted by Gasteiger charge is -2.38. The number of halogens is 1. The molecule has 2 amide bonds. The zero-order chi connectivity index (χ0) is 19.1. The van der Waals surface area contributed by atoms with Crippen LogP contribution in [0.4, 0.5) is 11.4 Å². The van der Waals surface area contributed by atoms with Crippen LogP contribution >= 0.6 is 11.6 Å². The minimum atomic E-state index is -0.848. The fraction of sp³-hybridized carbons (Fsp3) is 0.300. The van der Waals surface area contributed by atoms with Gasteiger partial charge in [0, 0.05) is 31.7 Å². The van der Waals surface area contributed by atoms with Crippen LogP contribution in [-0.2, 0) is 0 Å². The Bertz CT molecular complexity index is 882. The van der Waals surface area contributed by atoms with E-state index >= 15 is 0 Å². The fourth-order valence-electron chi connectivity index (χ4n) is 3.70. The third-order valence-electron chi connectivity index (χ3n) is 5.10. The number of carbonyl (C=O) groups is 2. The summed E-state index contributed by atoms with van der Waals surface area (Å²) in [5, 5.41) is 11.3. The molecule has 2 aromatic rings. The molecule has 140 valence electrons. The Kier molecular flexibility index (Phi) is 4.53. The number of amides is 2. The lowest BCUT2D eigenvalue weighted by atomic mass is 10.1. The van der Waals surface area contributed by atoms with Gasteiger partial charge < -0.3 is 14.9 Å². The number of benzene rings is 2. The summed E-state index contributed by atoms with van der Waals surface area (Å²) in [6.07, 6.45) is -0.848. The second-order valence-electron chi connectivity index (χ2n) is 6.92. The number of imide groups is 1. The van der Waals surface area contributed by atoms with E-state index in [1.807, 2.05) is 25.2 Å². The number of likely N-dealkylation sites (N-methyl/N-ethyl adjacent to an activating group) is 1. The van der Waals surface area contributed by atoms with Crippen molar-refractivity contribution >= 4 is 34.8 Å². The number of hydrogen-bond acceptors (Lipinski definition) is 5. The Balaban J connectivity index is 1.48. The van der Waals surface area contributed by atoms with Gasteiger partial charge in [-0.05, 0) is 30.3 Å². The SMILES string of the molecule is CN1CCN(CC(O)CN2C(=O)c3ccccc3C2=O)c2ccc(Cl)cc21. The zero-order valence-corrected chi connectivity index (χ0v) is 15.7. The van der Waals surface area contributed by atoms with Crippen molar-refractivity contribution in [3.8, 4) is 0 Å². The van der Waals surface area contributed by atoms with Crippen molar-refractivity contribution in [2.24, 2.45) is 0 Å². The summed E-state index contributed by atoms with van der Waals surface area (Å²) in [5.74, 6) is -0.694. The summed E-state index contributed by atoms with van der Waals surface area (Å²) in [7, 11) is 2.00. The van der Waals surface area contributed by atoms with Gasteiger partial charge in [0.05, 0.1) is 35.2 Å². The number of rotatable bonds is 4. The highest BCUT2D eigenvalue weighted by Gasteiger charge is 2.36. The molecule has 4 rings (SSSR count). The van der Waals surface area contributed by atoms with Crippen LogP contribution in [0.5, 0.6) is 0 Å². The minimum absolute atomic E-state index is 0.0262. The van der Waals surface area contributed by atoms with Crippen LogP contribution in [0.2, 0.25) is 5.02 Å². The molecule has 1 N–H and O–H groups in total. The average molecular weight is 386 g/mol. The first-order valence-corrected chi connectivity index (χ1v) is 9.22. The van der Waals surface area contributed by atoms with E-state index in [0.717, 1.165) is 29.4 Å². The van der Waals surface area contributed by atoms with Crippen LogP contribution in [0, 0.1) is 0 Å². The summed E-state index contributed by atoms with van der Waals surface area (Å²) < 4.78 is 0. The van der Waals surface area contributed by atoms with Crippen molar-refractivity contribution in [2.45, 2.75) is 6.10 Å². The Labute approximate surface area is 162 Å². The molecule has 0 spiro atoms. The van der Waals surface area contributed by atoms with Gasteiger partial charge in [-0.3, -0.25) is 14.5 Å². The number of nitrogens with zero attached hydrogens (tertiary/aromatic N) is 3. The molecule has 0 saturated heterocycles. The van der Waals surface area contributed by atoms with E-state index in [4.69, 9.17) is 11.6 Å². The van der Waals surface area contributed by atoms with Crippen LogP contribution in [-0.4, -0.2) is 61.2 Å². The molecule has 27 heavy (non-hydrogen) atoms. The molecule has 6 nitrogen and oxygen atoms in total. The maximum absolute atomic E-state index is 12.5. The van der Waals surface area contributed by atoms with Crippen LogP contribution in [0.25, 0.3) is 0 Å². The number of hydrogen-bond donors (Lipinski definition) is 1. The van der Waals surface area contributed by atoms with E-state index in [0.29, 0.717) is 22.7 Å². The summed E-state index contributed by atoms with van der Waals surface area (Å²) in [6, 6.07) is 12.4. The maximum atomic E-state index is 12.5. The van der Waals surface area contributed by atoms with Gasteiger partial charge in [0.2, 0.25) is 0 Å². The zero-order valence-electron chi connectivity index (χ0n) is 14.9. The Morgan fingerprint density at radius 3 is 2.33 bits per heavy atom. The summed E-state index contributed by atoms with van der Waals surface area (Å²) >= 11 is 6.11. The third-order valence-corrected chi connectivity index (χ3v) is 5.33. The average Bonchev–Trinajstić information content (AvgIpc) is 2.89. The van der Waals surface area contributed by atoms with Crippen LogP contribution in [0.1, 0.15) is 20.7 Å². The van der Waals surface area contributed by atoms with E-state index < -0.39 is 6.10 Å². The van der Waals surface area contributed by atoms with Crippen LogP contribution in [0.3, 0.4) is 0 Å². The van der Waals surface area contributed by atoms with Crippen molar-refractivity contribution in [1.29, 1.82) is 0 Å². The molecule has 7 heteroatoms. The molecule has 0 aromatic heterocycles. The summed E-state index contributed by atoms with van der Waals surface area (Å²) in [5.41, 5.74) is 2.78. The number of anilines is 2. The van der Waals surface area contributed by atoms with Crippen molar-refractivity contribution in [2.75, 3.05) is 43.0 Å². The van der Waals surface area contributed by atoms with E-state index in [-0.39, 0.29) is 18.4 Å². The molecule has 2 aliphatic rings. The van der Waals surface area contributed by atoms with E-state index in [9.17, 15) is 14.7 Å². The fourth-order valence-corrected chi connectivity index (χ4v) is 3.87. The number of carbonyl (C=O) groups excluding carboxylic acids is 2. The molecule has 0 saturated carbocycles. The molecular formula is C20H20ClN3O3. The first kappa shape index (κ1) is 17.8. The number of fused-ring (bicyclic) bond motifs is 2. The molecule has 2 aromatic carbocycles. The van der Waals surface area contributed by atoms with Crippen molar-refractivity contribution in [3.63, 3.8) is 0 Å². The Morgan fingerprint density at radius 1 is 1.00 bits per heavy atom. The molecule has 0 aliphatic carbocycles. The molecular weight excluding hydrogens is 366 g/mol. The lowest BCUT2D eigenvalue weighted by molar-refractivity contribution is 0.0551. The highest BCUT2D eigenvalue weighted by Crippen LogP contribution is 2.34.